The second-order valence-electron chi connectivity index (χ2n) is 4.59. The average molecular weight is 268 g/mol. The highest BCUT2D eigenvalue weighted by molar-refractivity contribution is 5.86. The van der Waals surface area contributed by atoms with E-state index in [4.69, 9.17) is 5.11 Å². The summed E-state index contributed by atoms with van der Waals surface area (Å²) in [5.74, 6) is -1.20. The Balaban J connectivity index is 2.81. The van der Waals surface area contributed by atoms with Gasteiger partial charge in [-0.1, -0.05) is 0 Å². The van der Waals surface area contributed by atoms with Crippen LogP contribution in [0.2, 0.25) is 0 Å². The molecule has 0 aliphatic carbocycles. The minimum absolute atomic E-state index is 0.157. The van der Waals surface area contributed by atoms with Gasteiger partial charge in [0.25, 0.3) is 0 Å². The molecule has 0 spiro atoms. The van der Waals surface area contributed by atoms with E-state index >= 15 is 0 Å². The van der Waals surface area contributed by atoms with Crippen LogP contribution in [0.4, 0.5) is 18.0 Å². The second-order valence-corrected chi connectivity index (χ2v) is 4.59. The van der Waals surface area contributed by atoms with Gasteiger partial charge in [-0.15, -0.1) is 0 Å². The van der Waals surface area contributed by atoms with Gasteiger partial charge in [-0.05, 0) is 19.8 Å². The Morgan fingerprint density at radius 2 is 2.00 bits per heavy atom. The van der Waals surface area contributed by atoms with Crippen molar-refractivity contribution < 1.29 is 27.9 Å². The first kappa shape index (κ1) is 14.6. The lowest BCUT2D eigenvalue weighted by atomic mass is 10.00. The maximum atomic E-state index is 12.2. The molecule has 1 fully saturated rings. The number of urea groups is 1. The number of alkyl halides is 3. The summed E-state index contributed by atoms with van der Waals surface area (Å²) in [5, 5.41) is 9.07. The predicted octanol–water partition coefficient (Wildman–Crippen LogP) is 1.54. The van der Waals surface area contributed by atoms with Crippen LogP contribution >= 0.6 is 0 Å². The molecule has 1 heterocycles. The first-order valence-electron chi connectivity index (χ1n) is 5.41. The van der Waals surface area contributed by atoms with Crippen molar-refractivity contribution in [1.82, 2.24) is 9.80 Å². The molecule has 1 aliphatic rings. The third-order valence-electron chi connectivity index (χ3n) is 3.08. The Bertz CT molecular complexity index is 359. The number of carbonyl (C=O) groups excluding carboxylic acids is 1. The number of halogens is 3. The number of aliphatic carboxylic acids is 1. The van der Waals surface area contributed by atoms with E-state index in [2.05, 4.69) is 0 Å². The zero-order valence-corrected chi connectivity index (χ0v) is 10.1. The molecule has 0 aromatic rings. The Hall–Kier alpha value is -1.47. The zero-order valence-electron chi connectivity index (χ0n) is 10.1. The second kappa shape index (κ2) is 4.66. The van der Waals surface area contributed by atoms with Crippen molar-refractivity contribution in [1.29, 1.82) is 0 Å². The summed E-state index contributed by atoms with van der Waals surface area (Å²) in [4.78, 5) is 24.4. The highest BCUT2D eigenvalue weighted by Crippen LogP contribution is 2.30. The minimum atomic E-state index is -4.50. The van der Waals surface area contributed by atoms with Gasteiger partial charge in [0, 0.05) is 13.6 Å². The van der Waals surface area contributed by atoms with Gasteiger partial charge in [0.05, 0.1) is 0 Å². The van der Waals surface area contributed by atoms with Crippen LogP contribution in [0.15, 0.2) is 0 Å². The molecule has 1 rings (SSSR count). The summed E-state index contributed by atoms with van der Waals surface area (Å²) >= 11 is 0. The molecule has 1 aliphatic heterocycles. The lowest BCUT2D eigenvalue weighted by Crippen LogP contribution is -2.55. The standard InChI is InChI=1S/C10H15F3N2O3/c1-9(7(16)17)4-3-5-15(9)8(18)14(2)6-10(11,12)13/h3-6H2,1-2H3,(H,16,17). The van der Waals surface area contributed by atoms with Crippen molar-refractivity contribution in [2.45, 2.75) is 31.5 Å². The van der Waals surface area contributed by atoms with Crippen molar-refractivity contribution in [3.63, 3.8) is 0 Å². The summed E-state index contributed by atoms with van der Waals surface area (Å²) < 4.78 is 36.5. The summed E-state index contributed by atoms with van der Waals surface area (Å²) in [7, 11) is 1.01. The van der Waals surface area contributed by atoms with Crippen molar-refractivity contribution in [3.05, 3.63) is 0 Å². The van der Waals surface area contributed by atoms with Gasteiger partial charge in [-0.2, -0.15) is 13.2 Å². The largest absolute Gasteiger partial charge is 0.480 e. The summed E-state index contributed by atoms with van der Waals surface area (Å²) in [6.45, 7) is 0.115. The van der Waals surface area contributed by atoms with E-state index in [1.165, 1.54) is 6.92 Å². The van der Waals surface area contributed by atoms with Crippen LogP contribution in [0.1, 0.15) is 19.8 Å². The molecule has 0 bridgehead atoms. The number of likely N-dealkylation sites (tertiary alicyclic amines) is 1. The third kappa shape index (κ3) is 2.85. The molecule has 1 atom stereocenters. The molecule has 1 unspecified atom stereocenters. The number of hydrogen-bond donors (Lipinski definition) is 1. The Morgan fingerprint density at radius 1 is 1.44 bits per heavy atom. The monoisotopic (exact) mass is 268 g/mol. The zero-order chi connectivity index (χ0) is 14.1. The normalized spacial score (nSPS) is 24.2. The molecule has 104 valence electrons. The van der Waals surface area contributed by atoms with Crippen molar-refractivity contribution in [2.24, 2.45) is 0 Å². The molecular formula is C10H15F3N2O3. The fourth-order valence-electron chi connectivity index (χ4n) is 2.03. The van der Waals surface area contributed by atoms with Gasteiger partial charge in [0.15, 0.2) is 0 Å². The van der Waals surface area contributed by atoms with Gasteiger partial charge in [-0.25, -0.2) is 9.59 Å². The van der Waals surface area contributed by atoms with Gasteiger partial charge < -0.3 is 14.9 Å². The highest BCUT2D eigenvalue weighted by Gasteiger charge is 2.47. The van der Waals surface area contributed by atoms with Gasteiger partial charge in [0.2, 0.25) is 0 Å². The number of amides is 2. The molecule has 0 saturated carbocycles. The van der Waals surface area contributed by atoms with Gasteiger partial charge in [0.1, 0.15) is 12.1 Å². The molecule has 18 heavy (non-hydrogen) atoms. The number of carboxylic acid groups (broad SMARTS) is 1. The molecule has 1 N–H and O–H groups in total. The maximum Gasteiger partial charge on any atom is 0.406 e. The van der Waals surface area contributed by atoms with Crippen molar-refractivity contribution >= 4 is 12.0 Å². The molecular weight excluding hydrogens is 253 g/mol. The lowest BCUT2D eigenvalue weighted by Gasteiger charge is -2.34. The minimum Gasteiger partial charge on any atom is -0.480 e. The van der Waals surface area contributed by atoms with Crippen molar-refractivity contribution in [3.8, 4) is 0 Å². The van der Waals surface area contributed by atoms with Crippen LogP contribution in [0.3, 0.4) is 0 Å². The number of carbonyl (C=O) groups is 2. The van der Waals surface area contributed by atoms with Crippen LogP contribution in [0.5, 0.6) is 0 Å². The SMILES string of the molecule is CN(CC(F)(F)F)C(=O)N1CCCC1(C)C(=O)O. The molecule has 5 nitrogen and oxygen atoms in total. The van der Waals surface area contributed by atoms with Crippen molar-refractivity contribution in [2.75, 3.05) is 20.1 Å². The number of hydrogen-bond acceptors (Lipinski definition) is 2. The smallest absolute Gasteiger partial charge is 0.406 e. The molecule has 0 radical (unpaired) electrons. The topological polar surface area (TPSA) is 60.9 Å². The van der Waals surface area contributed by atoms with Crippen LogP contribution in [-0.2, 0) is 4.79 Å². The van der Waals surface area contributed by atoms with E-state index in [0.29, 0.717) is 11.3 Å². The van der Waals surface area contributed by atoms with E-state index in [0.717, 1.165) is 11.9 Å². The quantitative estimate of drug-likeness (QED) is 0.826. The lowest BCUT2D eigenvalue weighted by molar-refractivity contribution is -0.148. The molecule has 1 saturated heterocycles. The van der Waals surface area contributed by atoms with E-state index in [1.807, 2.05) is 0 Å². The van der Waals surface area contributed by atoms with E-state index in [9.17, 15) is 22.8 Å². The van der Waals surface area contributed by atoms with Gasteiger partial charge >= 0.3 is 18.2 Å². The van der Waals surface area contributed by atoms with Crippen LogP contribution in [-0.4, -0.2) is 58.8 Å². The van der Waals surface area contributed by atoms with Crippen LogP contribution in [0.25, 0.3) is 0 Å². The average Bonchev–Trinajstić information content (AvgIpc) is 2.58. The molecule has 8 heteroatoms. The summed E-state index contributed by atoms with van der Waals surface area (Å²) in [6, 6.07) is -0.908. The molecule has 2 amide bonds. The Morgan fingerprint density at radius 3 is 2.44 bits per heavy atom. The number of nitrogens with zero attached hydrogens (tertiary/aromatic N) is 2. The predicted molar refractivity (Wildman–Crippen MR) is 56.1 cm³/mol. The highest BCUT2D eigenvalue weighted by atomic mass is 19.4. The van der Waals surface area contributed by atoms with Gasteiger partial charge in [-0.3, -0.25) is 0 Å². The summed E-state index contributed by atoms with van der Waals surface area (Å²) in [5.41, 5.74) is -1.42. The molecule has 0 aromatic carbocycles. The first-order valence-corrected chi connectivity index (χ1v) is 5.41. The Labute approximate surface area is 102 Å². The first-order chi connectivity index (χ1) is 8.08. The van der Waals surface area contributed by atoms with Crippen LogP contribution in [0, 0.1) is 0 Å². The maximum absolute atomic E-state index is 12.2. The Kier molecular flexibility index (Phi) is 3.78. The fourth-order valence-corrected chi connectivity index (χ4v) is 2.03. The van der Waals surface area contributed by atoms with Crippen LogP contribution < -0.4 is 0 Å². The number of rotatable bonds is 2. The van der Waals surface area contributed by atoms with E-state index < -0.39 is 30.3 Å². The fraction of sp³-hybridized carbons (Fsp3) is 0.800. The van der Waals surface area contributed by atoms with E-state index in [1.54, 1.807) is 0 Å². The summed E-state index contributed by atoms with van der Waals surface area (Å²) in [6.07, 6.45) is -3.79. The van der Waals surface area contributed by atoms with E-state index in [-0.39, 0.29) is 13.0 Å². The molecule has 0 aromatic heterocycles. The third-order valence-corrected chi connectivity index (χ3v) is 3.08. The number of carboxylic acids is 1.